The van der Waals surface area contributed by atoms with Crippen LogP contribution in [0.3, 0.4) is 0 Å². The maximum Gasteiger partial charge on any atom is 0.330 e. The minimum Gasteiger partial charge on any atom is -0.384 e. The number of aldehydes is 1. The number of ketones is 1. The van der Waals surface area contributed by atoms with Crippen molar-refractivity contribution in [3.63, 3.8) is 0 Å². The van der Waals surface area contributed by atoms with Gasteiger partial charge in [0.1, 0.15) is 6.29 Å². The first-order chi connectivity index (χ1) is 13.8. The van der Waals surface area contributed by atoms with Gasteiger partial charge in [-0.1, -0.05) is 48.5 Å². The first kappa shape index (κ1) is 22.8. The van der Waals surface area contributed by atoms with E-state index in [0.29, 0.717) is 31.6 Å². The summed E-state index contributed by atoms with van der Waals surface area (Å²) < 4.78 is 38.8. The van der Waals surface area contributed by atoms with Crippen LogP contribution in [0.5, 0.6) is 0 Å². The molecular formula is C23H26F2O4. The Morgan fingerprint density at radius 1 is 0.897 bits per heavy atom. The molecule has 0 amide bonds. The number of hydrogen-bond donors (Lipinski definition) is 0. The van der Waals surface area contributed by atoms with Crippen LogP contribution in [-0.2, 0) is 33.0 Å². The Bertz CT molecular complexity index is 808. The molecule has 156 valence electrons. The average Bonchev–Trinajstić information content (AvgIpc) is 2.69. The molecule has 0 heterocycles. The van der Waals surface area contributed by atoms with Crippen molar-refractivity contribution in [2.45, 2.75) is 25.7 Å². The van der Waals surface area contributed by atoms with Gasteiger partial charge in [0.05, 0.1) is 13.2 Å². The largest absolute Gasteiger partial charge is 0.384 e. The van der Waals surface area contributed by atoms with E-state index in [2.05, 4.69) is 0 Å². The maximum absolute atomic E-state index is 13.9. The van der Waals surface area contributed by atoms with E-state index in [4.69, 9.17) is 9.47 Å². The molecule has 2 rings (SSSR count). The van der Waals surface area contributed by atoms with E-state index in [1.807, 2.05) is 12.1 Å². The van der Waals surface area contributed by atoms with Crippen LogP contribution in [0.25, 0.3) is 0 Å². The number of ether oxygens (including phenoxy) is 2. The van der Waals surface area contributed by atoms with Crippen molar-refractivity contribution in [3.05, 3.63) is 70.8 Å². The number of halogens is 2. The topological polar surface area (TPSA) is 52.6 Å². The maximum atomic E-state index is 13.9. The van der Waals surface area contributed by atoms with E-state index in [1.54, 1.807) is 38.5 Å². The van der Waals surface area contributed by atoms with Crippen LogP contribution in [0.15, 0.2) is 48.5 Å². The quantitative estimate of drug-likeness (QED) is 0.526. The molecule has 6 heteroatoms. The second-order valence-corrected chi connectivity index (χ2v) is 7.41. The average molecular weight is 404 g/mol. The molecule has 0 saturated carbocycles. The Labute approximate surface area is 169 Å². The van der Waals surface area contributed by atoms with Crippen LogP contribution < -0.4 is 0 Å². The Morgan fingerprint density at radius 2 is 1.34 bits per heavy atom. The second kappa shape index (κ2) is 9.85. The highest BCUT2D eigenvalue weighted by Crippen LogP contribution is 2.32. The summed E-state index contributed by atoms with van der Waals surface area (Å²) in [4.78, 5) is 22.1. The molecule has 0 aliphatic rings. The lowest BCUT2D eigenvalue weighted by molar-refractivity contribution is -0.141. The Hall–Kier alpha value is -2.44. The van der Waals surface area contributed by atoms with Gasteiger partial charge in [-0.25, -0.2) is 0 Å². The summed E-state index contributed by atoms with van der Waals surface area (Å²) in [7, 11) is 3.22. The predicted molar refractivity (Wildman–Crippen MR) is 106 cm³/mol. The molecule has 0 aliphatic carbocycles. The number of carbonyl (C=O) groups is 2. The number of rotatable bonds is 11. The molecule has 0 aromatic heterocycles. The number of alkyl halides is 2. The van der Waals surface area contributed by atoms with Crippen LogP contribution in [0.2, 0.25) is 0 Å². The molecule has 0 spiro atoms. The van der Waals surface area contributed by atoms with Gasteiger partial charge in [0.25, 0.3) is 0 Å². The Kier molecular flexibility index (Phi) is 7.76. The third kappa shape index (κ3) is 5.78. The summed E-state index contributed by atoms with van der Waals surface area (Å²) >= 11 is 0. The van der Waals surface area contributed by atoms with Gasteiger partial charge in [0.15, 0.2) is 0 Å². The molecule has 0 aliphatic heterocycles. The number of carbonyl (C=O) groups excluding carboxylic acids is 2. The first-order valence-corrected chi connectivity index (χ1v) is 9.26. The minimum absolute atomic E-state index is 0.317. The molecule has 0 bridgehead atoms. The lowest BCUT2D eigenvalue weighted by Gasteiger charge is -2.33. The van der Waals surface area contributed by atoms with Crippen LogP contribution in [-0.4, -0.2) is 39.5 Å². The summed E-state index contributed by atoms with van der Waals surface area (Å²) in [6, 6.07) is 13.1. The van der Waals surface area contributed by atoms with Gasteiger partial charge in [-0.2, -0.15) is 8.78 Å². The summed E-state index contributed by atoms with van der Waals surface area (Å²) in [6.07, 6.45) is 1.95. The molecular weight excluding hydrogens is 378 g/mol. The summed E-state index contributed by atoms with van der Waals surface area (Å²) in [5.41, 5.74) is 1.72. The van der Waals surface area contributed by atoms with Crippen molar-refractivity contribution < 1.29 is 27.8 Å². The molecule has 0 N–H and O–H groups in total. The monoisotopic (exact) mass is 404 g/mol. The highest BCUT2D eigenvalue weighted by molar-refractivity contribution is 5.84. The smallest absolute Gasteiger partial charge is 0.330 e. The van der Waals surface area contributed by atoms with E-state index in [1.165, 1.54) is 12.1 Å². The molecule has 2 aromatic carbocycles. The van der Waals surface area contributed by atoms with Gasteiger partial charge < -0.3 is 9.47 Å². The van der Waals surface area contributed by atoms with Gasteiger partial charge in [0, 0.05) is 37.7 Å². The first-order valence-electron chi connectivity index (χ1n) is 9.26. The summed E-state index contributed by atoms with van der Waals surface area (Å²) in [5, 5.41) is 0. The van der Waals surface area contributed by atoms with E-state index < -0.39 is 17.1 Å². The molecule has 2 aromatic rings. The molecule has 0 atom stereocenters. The normalized spacial score (nSPS) is 12.0. The molecule has 29 heavy (non-hydrogen) atoms. The van der Waals surface area contributed by atoms with Crippen molar-refractivity contribution in [1.82, 2.24) is 0 Å². The standard InChI is InChI=1S/C23H26F2O4/c1-17(27)23(24,25)21-10-8-19(9-11-21)13-22(15-28-2,16-29-3)12-18-4-6-20(14-26)7-5-18/h4-11,14H,12-13,15-16H2,1-3H3. The highest BCUT2D eigenvalue weighted by Gasteiger charge is 2.37. The third-order valence-corrected chi connectivity index (χ3v) is 4.93. The molecule has 0 saturated heterocycles. The highest BCUT2D eigenvalue weighted by atomic mass is 19.3. The fourth-order valence-electron chi connectivity index (χ4n) is 3.54. The van der Waals surface area contributed by atoms with Crippen molar-refractivity contribution >= 4 is 12.1 Å². The van der Waals surface area contributed by atoms with Gasteiger partial charge in [-0.3, -0.25) is 9.59 Å². The minimum atomic E-state index is -3.49. The van der Waals surface area contributed by atoms with Gasteiger partial charge >= 0.3 is 5.92 Å². The molecule has 4 nitrogen and oxygen atoms in total. The van der Waals surface area contributed by atoms with E-state index >= 15 is 0 Å². The summed E-state index contributed by atoms with van der Waals surface area (Å²) in [6.45, 7) is 1.69. The van der Waals surface area contributed by atoms with Gasteiger partial charge in [-0.15, -0.1) is 0 Å². The molecule has 0 unspecified atom stereocenters. The van der Waals surface area contributed by atoms with Gasteiger partial charge in [0.2, 0.25) is 5.78 Å². The molecule has 0 radical (unpaired) electrons. The zero-order valence-corrected chi connectivity index (χ0v) is 16.9. The number of hydrogen-bond acceptors (Lipinski definition) is 4. The fraction of sp³-hybridized carbons (Fsp3) is 0.391. The molecule has 0 fully saturated rings. The Balaban J connectivity index is 2.29. The van der Waals surface area contributed by atoms with Crippen LogP contribution in [0.1, 0.15) is 34.0 Å². The van der Waals surface area contributed by atoms with Crippen molar-refractivity contribution in [2.75, 3.05) is 27.4 Å². The zero-order chi connectivity index (χ0) is 21.5. The lowest BCUT2D eigenvalue weighted by Crippen LogP contribution is -2.36. The van der Waals surface area contributed by atoms with Crippen molar-refractivity contribution in [2.24, 2.45) is 5.41 Å². The van der Waals surface area contributed by atoms with Crippen LogP contribution in [0.4, 0.5) is 8.78 Å². The second-order valence-electron chi connectivity index (χ2n) is 7.41. The van der Waals surface area contributed by atoms with Crippen LogP contribution >= 0.6 is 0 Å². The van der Waals surface area contributed by atoms with E-state index in [-0.39, 0.29) is 5.56 Å². The van der Waals surface area contributed by atoms with Gasteiger partial charge in [-0.05, 0) is 24.0 Å². The predicted octanol–water partition coefficient (Wildman–Crippen LogP) is 4.24. The van der Waals surface area contributed by atoms with E-state index in [0.717, 1.165) is 24.3 Å². The van der Waals surface area contributed by atoms with Crippen molar-refractivity contribution in [1.29, 1.82) is 0 Å². The zero-order valence-electron chi connectivity index (χ0n) is 16.9. The van der Waals surface area contributed by atoms with Crippen LogP contribution in [0, 0.1) is 5.41 Å². The van der Waals surface area contributed by atoms with E-state index in [9.17, 15) is 18.4 Å². The Morgan fingerprint density at radius 3 is 1.72 bits per heavy atom. The number of benzene rings is 2. The fourth-order valence-corrected chi connectivity index (χ4v) is 3.54. The summed E-state index contributed by atoms with van der Waals surface area (Å²) in [5.74, 6) is -4.67. The SMILES string of the molecule is COCC(COC)(Cc1ccc(C=O)cc1)Cc1ccc(C(F)(F)C(C)=O)cc1. The lowest BCUT2D eigenvalue weighted by atomic mass is 9.77. The number of Topliss-reactive ketones (excluding diaryl/α,β-unsaturated/α-hetero) is 1. The number of methoxy groups -OCH3 is 2. The third-order valence-electron chi connectivity index (χ3n) is 4.93. The van der Waals surface area contributed by atoms with Crippen molar-refractivity contribution in [3.8, 4) is 0 Å².